The van der Waals surface area contributed by atoms with Crippen LogP contribution in [-0.2, 0) is 16.3 Å². The highest BCUT2D eigenvalue weighted by Crippen LogP contribution is 2.36. The van der Waals surface area contributed by atoms with E-state index < -0.39 is 9.84 Å². The zero-order valence-corrected chi connectivity index (χ0v) is 9.71. The summed E-state index contributed by atoms with van der Waals surface area (Å²) < 4.78 is 23.9. The Hall–Kier alpha value is -0.0600. The van der Waals surface area contributed by atoms with Gasteiger partial charge in [0.25, 0.3) is 0 Å². The molecule has 0 saturated carbocycles. The van der Waals surface area contributed by atoms with Crippen LogP contribution in [0.2, 0.25) is 5.02 Å². The molecule has 0 spiro atoms. The summed E-state index contributed by atoms with van der Waals surface area (Å²) in [5.74, 6) is 0.171. The summed E-state index contributed by atoms with van der Waals surface area (Å²) in [6.45, 7) is 0. The highest BCUT2D eigenvalue weighted by Gasteiger charge is 2.30. The van der Waals surface area contributed by atoms with Gasteiger partial charge < -0.3 is 0 Å². The number of benzene rings is 1. The fourth-order valence-electron chi connectivity index (χ4n) is 1.48. The first-order valence-electron chi connectivity index (χ1n) is 3.72. The van der Waals surface area contributed by atoms with E-state index >= 15 is 0 Å². The minimum absolute atomic E-state index is 0.171. The molecule has 1 aromatic rings. The lowest BCUT2D eigenvalue weighted by Crippen LogP contribution is -1.99. The van der Waals surface area contributed by atoms with E-state index in [1.165, 1.54) is 0 Å². The van der Waals surface area contributed by atoms with Crippen LogP contribution in [0.4, 0.5) is 0 Å². The number of sulfone groups is 1. The summed E-state index contributed by atoms with van der Waals surface area (Å²) in [6, 6.07) is 3.38. The molecule has 1 aromatic carbocycles. The highest BCUT2D eigenvalue weighted by atomic mass is 79.9. The standard InChI is InChI=1S/C8H6BrClO2S/c9-6-1-2-7(10)8-5(6)3-4-13(8,11)12/h1-2H,3-4H2. The third kappa shape index (κ3) is 1.41. The first kappa shape index (κ1) is 9.49. The molecule has 0 fully saturated rings. The van der Waals surface area contributed by atoms with Crippen molar-refractivity contribution in [2.45, 2.75) is 11.3 Å². The molecule has 0 bridgehead atoms. The summed E-state index contributed by atoms with van der Waals surface area (Å²) in [7, 11) is -3.12. The van der Waals surface area contributed by atoms with Gasteiger partial charge in [-0.3, -0.25) is 0 Å². The van der Waals surface area contributed by atoms with Crippen LogP contribution in [0.1, 0.15) is 5.56 Å². The van der Waals surface area contributed by atoms with Gasteiger partial charge in [0.1, 0.15) is 0 Å². The smallest absolute Gasteiger partial charge is 0.180 e. The van der Waals surface area contributed by atoms with Gasteiger partial charge in [-0.15, -0.1) is 0 Å². The molecule has 0 aromatic heterocycles. The van der Waals surface area contributed by atoms with Crippen LogP contribution in [0.3, 0.4) is 0 Å². The summed E-state index contributed by atoms with van der Waals surface area (Å²) in [4.78, 5) is 0.309. The molecule has 0 amide bonds. The Bertz CT molecular complexity index is 467. The van der Waals surface area contributed by atoms with E-state index in [-0.39, 0.29) is 5.75 Å². The largest absolute Gasteiger partial charge is 0.224 e. The van der Waals surface area contributed by atoms with Crippen LogP contribution in [0.15, 0.2) is 21.5 Å². The topological polar surface area (TPSA) is 34.1 Å². The Morgan fingerprint density at radius 2 is 2.08 bits per heavy atom. The van der Waals surface area contributed by atoms with Crippen molar-refractivity contribution in [3.63, 3.8) is 0 Å². The SMILES string of the molecule is O=S1(=O)CCc2c(Br)ccc(Cl)c21. The van der Waals surface area contributed by atoms with Crippen molar-refractivity contribution in [2.24, 2.45) is 0 Å². The van der Waals surface area contributed by atoms with Crippen LogP contribution in [0.25, 0.3) is 0 Å². The molecule has 0 N–H and O–H groups in total. The highest BCUT2D eigenvalue weighted by molar-refractivity contribution is 9.10. The van der Waals surface area contributed by atoms with Gasteiger partial charge in [0.2, 0.25) is 0 Å². The van der Waals surface area contributed by atoms with Gasteiger partial charge in [0.15, 0.2) is 9.84 Å². The average molecular weight is 282 g/mol. The van der Waals surface area contributed by atoms with E-state index in [9.17, 15) is 8.42 Å². The second-order valence-electron chi connectivity index (χ2n) is 2.91. The maximum Gasteiger partial charge on any atom is 0.180 e. The van der Waals surface area contributed by atoms with Gasteiger partial charge >= 0.3 is 0 Å². The number of fused-ring (bicyclic) bond motifs is 1. The molecule has 13 heavy (non-hydrogen) atoms. The molecule has 0 saturated heterocycles. The van der Waals surface area contributed by atoms with E-state index in [4.69, 9.17) is 11.6 Å². The van der Waals surface area contributed by atoms with Gasteiger partial charge in [-0.2, -0.15) is 0 Å². The molecular formula is C8H6BrClO2S. The zero-order valence-electron chi connectivity index (χ0n) is 6.55. The van der Waals surface area contributed by atoms with Crippen LogP contribution in [0, 0.1) is 0 Å². The minimum Gasteiger partial charge on any atom is -0.224 e. The van der Waals surface area contributed by atoms with Crippen LogP contribution < -0.4 is 0 Å². The third-order valence-electron chi connectivity index (χ3n) is 2.09. The average Bonchev–Trinajstić information content (AvgIpc) is 2.36. The van der Waals surface area contributed by atoms with Crippen molar-refractivity contribution < 1.29 is 8.42 Å². The molecule has 70 valence electrons. The fourth-order valence-corrected chi connectivity index (χ4v) is 4.30. The fraction of sp³-hybridized carbons (Fsp3) is 0.250. The quantitative estimate of drug-likeness (QED) is 0.732. The van der Waals surface area contributed by atoms with Gasteiger partial charge in [-0.1, -0.05) is 27.5 Å². The number of hydrogen-bond donors (Lipinski definition) is 0. The van der Waals surface area contributed by atoms with Crippen molar-refractivity contribution in [1.82, 2.24) is 0 Å². The second kappa shape index (κ2) is 2.97. The first-order chi connectivity index (χ1) is 6.02. The summed E-state index contributed by atoms with van der Waals surface area (Å²) in [5, 5.41) is 0.329. The molecule has 0 radical (unpaired) electrons. The number of halogens is 2. The zero-order chi connectivity index (χ0) is 9.64. The van der Waals surface area contributed by atoms with E-state index in [1.54, 1.807) is 12.1 Å². The summed E-state index contributed by atoms with van der Waals surface area (Å²) >= 11 is 9.14. The number of rotatable bonds is 0. The summed E-state index contributed by atoms with van der Waals surface area (Å²) in [6.07, 6.45) is 0.554. The van der Waals surface area contributed by atoms with Gasteiger partial charge in [-0.25, -0.2) is 8.42 Å². The van der Waals surface area contributed by atoms with E-state index in [0.29, 0.717) is 16.3 Å². The predicted molar refractivity (Wildman–Crippen MR) is 54.9 cm³/mol. The molecule has 1 heterocycles. The molecule has 0 unspecified atom stereocenters. The van der Waals surface area contributed by atoms with Crippen molar-refractivity contribution in [2.75, 3.05) is 5.75 Å². The maximum absolute atomic E-state index is 11.5. The Morgan fingerprint density at radius 3 is 2.69 bits per heavy atom. The molecule has 0 atom stereocenters. The normalized spacial score (nSPS) is 18.6. The Morgan fingerprint density at radius 1 is 1.38 bits per heavy atom. The molecular weight excluding hydrogens is 276 g/mol. The Labute approximate surface area is 90.0 Å². The van der Waals surface area contributed by atoms with Crippen molar-refractivity contribution >= 4 is 37.4 Å². The first-order valence-corrected chi connectivity index (χ1v) is 6.54. The molecule has 0 aliphatic carbocycles. The van der Waals surface area contributed by atoms with Crippen molar-refractivity contribution in [3.05, 3.63) is 27.2 Å². The monoisotopic (exact) mass is 280 g/mol. The van der Waals surface area contributed by atoms with E-state index in [1.807, 2.05) is 0 Å². The second-order valence-corrected chi connectivity index (χ2v) is 6.21. The lowest BCUT2D eigenvalue weighted by Gasteiger charge is -2.02. The Kier molecular flexibility index (Phi) is 2.17. The van der Waals surface area contributed by atoms with Crippen molar-refractivity contribution in [1.29, 1.82) is 0 Å². The number of hydrogen-bond acceptors (Lipinski definition) is 2. The van der Waals surface area contributed by atoms with Crippen LogP contribution >= 0.6 is 27.5 Å². The molecule has 5 heteroatoms. The van der Waals surface area contributed by atoms with E-state index in [2.05, 4.69) is 15.9 Å². The van der Waals surface area contributed by atoms with Gasteiger partial charge in [0.05, 0.1) is 15.7 Å². The van der Waals surface area contributed by atoms with Crippen molar-refractivity contribution in [3.8, 4) is 0 Å². The van der Waals surface area contributed by atoms with Crippen LogP contribution in [0.5, 0.6) is 0 Å². The molecule has 2 nitrogen and oxygen atoms in total. The summed E-state index contributed by atoms with van der Waals surface area (Å²) in [5.41, 5.74) is 0.813. The molecule has 1 aliphatic rings. The van der Waals surface area contributed by atoms with Gasteiger partial charge in [0, 0.05) is 4.47 Å². The van der Waals surface area contributed by atoms with E-state index in [0.717, 1.165) is 10.0 Å². The molecule has 1 aliphatic heterocycles. The molecule has 2 rings (SSSR count). The third-order valence-corrected chi connectivity index (χ3v) is 5.09. The van der Waals surface area contributed by atoms with Crippen LogP contribution in [-0.4, -0.2) is 14.2 Å². The maximum atomic E-state index is 11.5. The lowest BCUT2D eigenvalue weighted by molar-refractivity contribution is 0.600. The Balaban J connectivity index is 2.85. The minimum atomic E-state index is -3.12. The van der Waals surface area contributed by atoms with Gasteiger partial charge in [-0.05, 0) is 24.1 Å². The lowest BCUT2D eigenvalue weighted by atomic mass is 10.2. The predicted octanol–water partition coefficient (Wildman–Crippen LogP) is 2.43.